The highest BCUT2D eigenvalue weighted by atomic mass is 33.1. The fourth-order valence-electron chi connectivity index (χ4n) is 1.01. The lowest BCUT2D eigenvalue weighted by Crippen LogP contribution is -2.32. The molecule has 0 fully saturated rings. The molecule has 0 aliphatic carbocycles. The summed E-state index contributed by atoms with van der Waals surface area (Å²) in [5.41, 5.74) is 0. The first-order chi connectivity index (χ1) is 9.05. The number of hydrogen-bond donors (Lipinski definition) is 3. The molecule has 3 N–H and O–H groups in total. The predicted octanol–water partition coefficient (Wildman–Crippen LogP) is 2.23. The first-order valence-electron chi connectivity index (χ1n) is 6.97. The zero-order valence-corrected chi connectivity index (χ0v) is 15.5. The van der Waals surface area contributed by atoms with Crippen molar-refractivity contribution in [3.8, 4) is 0 Å². The van der Waals surface area contributed by atoms with Gasteiger partial charge in [-0.2, -0.15) is 0 Å². The van der Waals surface area contributed by atoms with Crippen molar-refractivity contribution < 1.29 is 15.3 Å². The second-order valence-electron chi connectivity index (χ2n) is 6.40. The van der Waals surface area contributed by atoms with Crippen molar-refractivity contribution in [3.63, 3.8) is 0 Å². The monoisotopic (exact) mass is 327 g/mol. The van der Waals surface area contributed by atoms with Crippen LogP contribution in [0.15, 0.2) is 0 Å². The Labute approximate surface area is 132 Å². The Morgan fingerprint density at radius 3 is 1.05 bits per heavy atom. The Kier molecular flexibility index (Phi) is 13.8. The van der Waals surface area contributed by atoms with E-state index in [0.29, 0.717) is 29.1 Å². The van der Waals surface area contributed by atoms with Gasteiger partial charge in [0, 0.05) is 29.1 Å². The van der Waals surface area contributed by atoms with Gasteiger partial charge < -0.3 is 15.3 Å². The minimum Gasteiger partial charge on any atom is -0.395 e. The standard InChI is InChI=1S/C8H18S2.C6H15NO3/c1-7(2,3)9-10-8(4,5)6;8-4-1-7(2-5-9)3-6-10/h1-6H3;8-10H,1-6H2. The smallest absolute Gasteiger partial charge is 0.0558 e. The van der Waals surface area contributed by atoms with Crippen LogP contribution in [0.25, 0.3) is 0 Å². The molecule has 0 saturated carbocycles. The van der Waals surface area contributed by atoms with Crippen LogP contribution in [-0.2, 0) is 0 Å². The third-order valence-electron chi connectivity index (χ3n) is 1.79. The van der Waals surface area contributed by atoms with E-state index in [0.717, 1.165) is 0 Å². The number of aliphatic hydroxyl groups is 3. The molecule has 0 spiro atoms. The summed E-state index contributed by atoms with van der Waals surface area (Å²) in [5.74, 6) is 0. The van der Waals surface area contributed by atoms with Gasteiger partial charge in [0.1, 0.15) is 0 Å². The third kappa shape index (κ3) is 20.8. The molecule has 0 aromatic rings. The first-order valence-corrected chi connectivity index (χ1v) is 9.12. The second-order valence-corrected chi connectivity index (χ2v) is 10.2. The average molecular weight is 328 g/mol. The van der Waals surface area contributed by atoms with E-state index in [1.807, 2.05) is 21.6 Å². The minimum absolute atomic E-state index is 0.0694. The van der Waals surface area contributed by atoms with E-state index in [2.05, 4.69) is 41.5 Å². The summed E-state index contributed by atoms with van der Waals surface area (Å²) in [5, 5.41) is 25.5. The molecule has 124 valence electrons. The zero-order chi connectivity index (χ0) is 16.2. The van der Waals surface area contributed by atoms with Gasteiger partial charge >= 0.3 is 0 Å². The average Bonchev–Trinajstić information content (AvgIpc) is 2.27. The molecule has 0 unspecified atom stereocenters. The molecule has 0 atom stereocenters. The van der Waals surface area contributed by atoms with Gasteiger partial charge in [-0.1, -0.05) is 63.1 Å². The lowest BCUT2D eigenvalue weighted by Gasteiger charge is -2.23. The first kappa shape index (κ1) is 22.8. The molecule has 0 bridgehead atoms. The molecule has 0 saturated heterocycles. The van der Waals surface area contributed by atoms with Gasteiger partial charge in [-0.25, -0.2) is 0 Å². The van der Waals surface area contributed by atoms with Crippen molar-refractivity contribution in [2.24, 2.45) is 0 Å². The van der Waals surface area contributed by atoms with Crippen LogP contribution < -0.4 is 0 Å². The highest BCUT2D eigenvalue weighted by Crippen LogP contribution is 2.42. The van der Waals surface area contributed by atoms with E-state index in [-0.39, 0.29) is 19.8 Å². The summed E-state index contributed by atoms with van der Waals surface area (Å²) in [6.07, 6.45) is 0. The van der Waals surface area contributed by atoms with E-state index in [4.69, 9.17) is 15.3 Å². The van der Waals surface area contributed by atoms with Crippen LogP contribution in [0.1, 0.15) is 41.5 Å². The molecular formula is C14H33NO3S2. The number of nitrogens with zero attached hydrogens (tertiary/aromatic N) is 1. The van der Waals surface area contributed by atoms with Crippen LogP contribution in [0.5, 0.6) is 0 Å². The Morgan fingerprint density at radius 2 is 0.900 bits per heavy atom. The summed E-state index contributed by atoms with van der Waals surface area (Å²) in [6.45, 7) is 15.2. The maximum Gasteiger partial charge on any atom is 0.0558 e. The number of rotatable bonds is 7. The van der Waals surface area contributed by atoms with Crippen LogP contribution in [0.4, 0.5) is 0 Å². The summed E-state index contributed by atoms with van der Waals surface area (Å²) in [6, 6.07) is 0. The second kappa shape index (κ2) is 12.1. The lowest BCUT2D eigenvalue weighted by molar-refractivity contribution is 0.136. The number of hydrogen-bond acceptors (Lipinski definition) is 6. The maximum absolute atomic E-state index is 8.48. The summed E-state index contributed by atoms with van der Waals surface area (Å²) in [4.78, 5) is 1.79. The molecular weight excluding hydrogens is 294 g/mol. The van der Waals surface area contributed by atoms with Crippen molar-refractivity contribution >= 4 is 21.6 Å². The minimum atomic E-state index is 0.0694. The Hall–Kier alpha value is 0.540. The predicted molar refractivity (Wildman–Crippen MR) is 92.4 cm³/mol. The van der Waals surface area contributed by atoms with Crippen molar-refractivity contribution in [3.05, 3.63) is 0 Å². The van der Waals surface area contributed by atoms with E-state index in [1.165, 1.54) is 0 Å². The van der Waals surface area contributed by atoms with Gasteiger partial charge in [0.05, 0.1) is 19.8 Å². The fourth-order valence-corrected chi connectivity index (χ4v) is 3.01. The largest absolute Gasteiger partial charge is 0.395 e. The van der Waals surface area contributed by atoms with Gasteiger partial charge in [-0.3, -0.25) is 4.90 Å². The van der Waals surface area contributed by atoms with E-state index in [9.17, 15) is 0 Å². The highest BCUT2D eigenvalue weighted by molar-refractivity contribution is 8.77. The molecule has 20 heavy (non-hydrogen) atoms. The van der Waals surface area contributed by atoms with Gasteiger partial charge in [0.15, 0.2) is 0 Å². The van der Waals surface area contributed by atoms with Crippen molar-refractivity contribution in [2.45, 2.75) is 51.0 Å². The van der Waals surface area contributed by atoms with Gasteiger partial charge in [0.2, 0.25) is 0 Å². The third-order valence-corrected chi connectivity index (χ3v) is 6.12. The molecule has 0 heterocycles. The van der Waals surface area contributed by atoms with Crippen molar-refractivity contribution in [1.29, 1.82) is 0 Å². The molecule has 0 rings (SSSR count). The Morgan fingerprint density at radius 1 is 0.650 bits per heavy atom. The molecule has 4 nitrogen and oxygen atoms in total. The maximum atomic E-state index is 8.48. The topological polar surface area (TPSA) is 63.9 Å². The quantitative estimate of drug-likeness (QED) is 0.623. The summed E-state index contributed by atoms with van der Waals surface area (Å²) < 4.78 is 0.774. The van der Waals surface area contributed by atoms with Crippen molar-refractivity contribution in [2.75, 3.05) is 39.5 Å². The van der Waals surface area contributed by atoms with Crippen LogP contribution in [-0.4, -0.2) is 69.2 Å². The van der Waals surface area contributed by atoms with Gasteiger partial charge in [0.25, 0.3) is 0 Å². The van der Waals surface area contributed by atoms with E-state index in [1.54, 1.807) is 4.90 Å². The molecule has 0 radical (unpaired) electrons. The van der Waals surface area contributed by atoms with Gasteiger partial charge in [-0.15, -0.1) is 0 Å². The molecule has 0 aliphatic rings. The zero-order valence-electron chi connectivity index (χ0n) is 13.8. The SMILES string of the molecule is CC(C)(C)SSC(C)(C)C.OCCN(CCO)CCO. The van der Waals surface area contributed by atoms with E-state index >= 15 is 0 Å². The summed E-state index contributed by atoms with van der Waals surface area (Å²) in [7, 11) is 3.91. The summed E-state index contributed by atoms with van der Waals surface area (Å²) >= 11 is 0. The molecule has 0 aromatic heterocycles. The molecule has 0 amide bonds. The van der Waals surface area contributed by atoms with Crippen LogP contribution in [0.2, 0.25) is 0 Å². The Bertz CT molecular complexity index is 187. The van der Waals surface area contributed by atoms with E-state index < -0.39 is 0 Å². The molecule has 0 aliphatic heterocycles. The lowest BCUT2D eigenvalue weighted by atomic mass is 10.3. The normalized spacial score (nSPS) is 12.3. The Balaban J connectivity index is 0. The van der Waals surface area contributed by atoms with Gasteiger partial charge in [-0.05, 0) is 0 Å². The number of aliphatic hydroxyl groups excluding tert-OH is 3. The fraction of sp³-hybridized carbons (Fsp3) is 1.00. The van der Waals surface area contributed by atoms with Crippen LogP contribution in [0.3, 0.4) is 0 Å². The van der Waals surface area contributed by atoms with Crippen molar-refractivity contribution in [1.82, 2.24) is 4.90 Å². The van der Waals surface area contributed by atoms with Crippen LogP contribution in [0, 0.1) is 0 Å². The molecule has 0 aromatic carbocycles. The molecule has 6 heteroatoms. The highest BCUT2D eigenvalue weighted by Gasteiger charge is 2.17. The van der Waals surface area contributed by atoms with Crippen LogP contribution >= 0.6 is 21.6 Å².